The Morgan fingerprint density at radius 2 is 1.90 bits per heavy atom. The van der Waals surface area contributed by atoms with Gasteiger partial charge in [-0.1, -0.05) is 6.92 Å². The number of rotatable bonds is 9. The molecule has 1 aliphatic heterocycles. The molecule has 0 aromatic rings. The summed E-state index contributed by atoms with van der Waals surface area (Å²) in [7, 11) is 4.08. The molecule has 6 nitrogen and oxygen atoms in total. The van der Waals surface area contributed by atoms with Crippen LogP contribution in [0, 0.1) is 5.92 Å². The second kappa shape index (κ2) is 9.28. The minimum Gasteiger partial charge on any atom is -0.481 e. The number of carbonyl (C=O) groups is 1. The third-order valence-corrected chi connectivity index (χ3v) is 3.65. The van der Waals surface area contributed by atoms with Crippen LogP contribution in [0.15, 0.2) is 0 Å². The summed E-state index contributed by atoms with van der Waals surface area (Å²) in [4.78, 5) is 17.8. The summed E-state index contributed by atoms with van der Waals surface area (Å²) in [6.45, 7) is 9.75. The summed E-state index contributed by atoms with van der Waals surface area (Å²) in [6.07, 6.45) is 0. The van der Waals surface area contributed by atoms with Gasteiger partial charge in [-0.25, -0.2) is 0 Å². The molecule has 1 fully saturated rings. The molecule has 1 N–H and O–H groups in total. The molecule has 0 amide bonds. The zero-order valence-corrected chi connectivity index (χ0v) is 13.0. The van der Waals surface area contributed by atoms with Crippen LogP contribution in [0.3, 0.4) is 0 Å². The van der Waals surface area contributed by atoms with Crippen LogP contribution >= 0.6 is 0 Å². The molecule has 1 rings (SSSR count). The van der Waals surface area contributed by atoms with Crippen LogP contribution in [0.2, 0.25) is 0 Å². The first-order valence-corrected chi connectivity index (χ1v) is 7.39. The lowest BCUT2D eigenvalue weighted by Gasteiger charge is -2.31. The first kappa shape index (κ1) is 17.4. The van der Waals surface area contributed by atoms with Crippen LogP contribution in [0.25, 0.3) is 0 Å². The van der Waals surface area contributed by atoms with Crippen molar-refractivity contribution >= 4 is 5.97 Å². The molecule has 1 unspecified atom stereocenters. The number of morpholine rings is 1. The molecule has 6 heteroatoms. The Hall–Kier alpha value is -0.690. The van der Waals surface area contributed by atoms with Gasteiger partial charge in [-0.05, 0) is 14.1 Å². The van der Waals surface area contributed by atoms with Gasteiger partial charge in [0.1, 0.15) is 0 Å². The number of likely N-dealkylation sites (N-methyl/N-ethyl adjacent to an activating group) is 1. The van der Waals surface area contributed by atoms with E-state index in [4.69, 9.17) is 9.84 Å². The van der Waals surface area contributed by atoms with E-state index in [9.17, 15) is 4.79 Å². The molecule has 0 aromatic carbocycles. The van der Waals surface area contributed by atoms with E-state index in [0.29, 0.717) is 6.54 Å². The Kier molecular flexibility index (Phi) is 8.06. The second-order valence-corrected chi connectivity index (χ2v) is 5.80. The van der Waals surface area contributed by atoms with E-state index in [-0.39, 0.29) is 5.92 Å². The van der Waals surface area contributed by atoms with Crippen LogP contribution in [0.4, 0.5) is 0 Å². The largest absolute Gasteiger partial charge is 0.481 e. The van der Waals surface area contributed by atoms with Crippen molar-refractivity contribution in [2.24, 2.45) is 5.92 Å². The van der Waals surface area contributed by atoms with Gasteiger partial charge in [0.25, 0.3) is 0 Å². The molecule has 0 saturated carbocycles. The predicted molar refractivity (Wildman–Crippen MR) is 79.1 cm³/mol. The molecule has 1 aliphatic rings. The average Bonchev–Trinajstić information content (AvgIpc) is 2.42. The fourth-order valence-electron chi connectivity index (χ4n) is 2.21. The van der Waals surface area contributed by atoms with Crippen LogP contribution < -0.4 is 0 Å². The van der Waals surface area contributed by atoms with E-state index < -0.39 is 5.97 Å². The third kappa shape index (κ3) is 7.19. The minimum absolute atomic E-state index is 0.318. The van der Waals surface area contributed by atoms with Crippen molar-refractivity contribution in [1.29, 1.82) is 0 Å². The van der Waals surface area contributed by atoms with Gasteiger partial charge in [0.2, 0.25) is 0 Å². The number of hydrogen-bond acceptors (Lipinski definition) is 5. The lowest BCUT2D eigenvalue weighted by Crippen LogP contribution is -2.44. The van der Waals surface area contributed by atoms with Crippen molar-refractivity contribution < 1.29 is 14.6 Å². The third-order valence-electron chi connectivity index (χ3n) is 3.65. The summed E-state index contributed by atoms with van der Waals surface area (Å²) >= 11 is 0. The van der Waals surface area contributed by atoms with E-state index >= 15 is 0 Å². The van der Waals surface area contributed by atoms with Gasteiger partial charge in [-0.2, -0.15) is 0 Å². The Bertz CT molecular complexity index is 281. The lowest BCUT2D eigenvalue weighted by molar-refractivity contribution is -0.141. The molecule has 0 aliphatic carbocycles. The molecule has 0 spiro atoms. The van der Waals surface area contributed by atoms with Gasteiger partial charge in [0.05, 0.1) is 19.1 Å². The zero-order chi connectivity index (χ0) is 15.0. The predicted octanol–water partition coefficient (Wildman–Crippen LogP) is -0.0971. The Morgan fingerprint density at radius 1 is 1.25 bits per heavy atom. The van der Waals surface area contributed by atoms with Gasteiger partial charge >= 0.3 is 5.97 Å². The number of ether oxygens (including phenoxy) is 1. The fraction of sp³-hybridized carbons (Fsp3) is 0.929. The topological polar surface area (TPSA) is 56.2 Å². The van der Waals surface area contributed by atoms with Crippen molar-refractivity contribution in [2.45, 2.75) is 6.92 Å². The van der Waals surface area contributed by atoms with Crippen LogP contribution in [-0.4, -0.2) is 98.9 Å². The number of nitrogens with zero attached hydrogens (tertiary/aromatic N) is 3. The van der Waals surface area contributed by atoms with E-state index in [2.05, 4.69) is 14.7 Å². The van der Waals surface area contributed by atoms with Crippen LogP contribution in [0.1, 0.15) is 6.92 Å². The van der Waals surface area contributed by atoms with E-state index in [0.717, 1.165) is 52.5 Å². The summed E-state index contributed by atoms with van der Waals surface area (Å²) in [6, 6.07) is 0. The summed E-state index contributed by atoms with van der Waals surface area (Å²) in [5.41, 5.74) is 0. The van der Waals surface area contributed by atoms with Gasteiger partial charge < -0.3 is 14.7 Å². The summed E-state index contributed by atoms with van der Waals surface area (Å²) in [5, 5.41) is 9.06. The molecule has 0 radical (unpaired) electrons. The lowest BCUT2D eigenvalue weighted by atomic mass is 10.1. The van der Waals surface area contributed by atoms with E-state index in [1.807, 2.05) is 14.1 Å². The number of carboxylic acid groups (broad SMARTS) is 1. The van der Waals surface area contributed by atoms with Gasteiger partial charge in [-0.15, -0.1) is 0 Å². The molecular formula is C14H29N3O3. The Labute approximate surface area is 122 Å². The van der Waals surface area contributed by atoms with Crippen LogP contribution in [-0.2, 0) is 9.53 Å². The van der Waals surface area contributed by atoms with Crippen molar-refractivity contribution in [1.82, 2.24) is 14.7 Å². The van der Waals surface area contributed by atoms with Crippen LogP contribution in [0.5, 0.6) is 0 Å². The number of aliphatic carboxylic acids is 1. The quantitative estimate of drug-likeness (QED) is 0.639. The van der Waals surface area contributed by atoms with Crippen molar-refractivity contribution in [3.8, 4) is 0 Å². The molecule has 1 heterocycles. The van der Waals surface area contributed by atoms with Crippen molar-refractivity contribution in [3.63, 3.8) is 0 Å². The Balaban J connectivity index is 2.37. The highest BCUT2D eigenvalue weighted by Crippen LogP contribution is 2.03. The fourth-order valence-corrected chi connectivity index (χ4v) is 2.21. The highest BCUT2D eigenvalue weighted by molar-refractivity contribution is 5.69. The first-order chi connectivity index (χ1) is 9.49. The molecule has 20 heavy (non-hydrogen) atoms. The molecular weight excluding hydrogens is 258 g/mol. The molecule has 1 saturated heterocycles. The Morgan fingerprint density at radius 3 is 2.45 bits per heavy atom. The number of carboxylic acids is 1. The maximum atomic E-state index is 11.0. The normalized spacial score (nSPS) is 18.6. The monoisotopic (exact) mass is 287 g/mol. The molecule has 1 atom stereocenters. The zero-order valence-electron chi connectivity index (χ0n) is 13.0. The standard InChI is InChI=1S/C14H29N3O3/c1-13(14(18)19)12-17(5-4-15(2)3)7-6-16-8-10-20-11-9-16/h13H,4-12H2,1-3H3,(H,18,19). The maximum Gasteiger partial charge on any atom is 0.307 e. The maximum absolute atomic E-state index is 11.0. The minimum atomic E-state index is -0.716. The second-order valence-electron chi connectivity index (χ2n) is 5.80. The van der Waals surface area contributed by atoms with Crippen molar-refractivity contribution in [2.75, 3.05) is 73.1 Å². The van der Waals surface area contributed by atoms with E-state index in [1.165, 1.54) is 0 Å². The highest BCUT2D eigenvalue weighted by Gasteiger charge is 2.17. The van der Waals surface area contributed by atoms with E-state index in [1.54, 1.807) is 6.92 Å². The van der Waals surface area contributed by atoms with Gasteiger partial charge in [0.15, 0.2) is 0 Å². The van der Waals surface area contributed by atoms with Gasteiger partial charge in [0, 0.05) is 45.8 Å². The smallest absolute Gasteiger partial charge is 0.307 e. The SMILES string of the molecule is CC(CN(CCN(C)C)CCN1CCOCC1)C(=O)O. The highest BCUT2D eigenvalue weighted by atomic mass is 16.5. The summed E-state index contributed by atoms with van der Waals surface area (Å²) in [5.74, 6) is -1.03. The number of hydrogen-bond donors (Lipinski definition) is 1. The van der Waals surface area contributed by atoms with Crippen molar-refractivity contribution in [3.05, 3.63) is 0 Å². The first-order valence-electron chi connectivity index (χ1n) is 7.39. The molecule has 0 bridgehead atoms. The summed E-state index contributed by atoms with van der Waals surface area (Å²) < 4.78 is 5.34. The average molecular weight is 287 g/mol. The molecule has 0 aromatic heterocycles. The van der Waals surface area contributed by atoms with Gasteiger partial charge in [-0.3, -0.25) is 14.6 Å². The molecule has 118 valence electrons.